The molecule has 0 saturated heterocycles. The maximum absolute atomic E-state index is 11.8. The van der Waals surface area contributed by atoms with Crippen LogP contribution in [-0.4, -0.2) is 22.1 Å². The minimum atomic E-state index is -1.11. The molecule has 1 amide bonds. The Morgan fingerprint density at radius 3 is 2.62 bits per heavy atom. The number of halogens is 1. The fourth-order valence-electron chi connectivity index (χ4n) is 1.81. The number of aromatic nitrogens is 1. The Morgan fingerprint density at radius 2 is 2.05 bits per heavy atom. The average Bonchev–Trinajstić information content (AvgIpc) is 2.89. The van der Waals surface area contributed by atoms with Gasteiger partial charge in [0, 0.05) is 18.9 Å². The molecule has 2 rings (SSSR count). The summed E-state index contributed by atoms with van der Waals surface area (Å²) >= 11 is 5.60. The molecule has 1 aromatic carbocycles. The minimum absolute atomic E-state index is 0.0855. The fourth-order valence-corrected chi connectivity index (χ4v) is 1.96. The zero-order valence-electron chi connectivity index (χ0n) is 11.0. The molecule has 0 aliphatic rings. The molecular formula is C14H13ClN2O4. The van der Waals surface area contributed by atoms with Crippen LogP contribution < -0.4 is 5.32 Å². The molecule has 6 nitrogen and oxygen atoms in total. The Kier molecular flexibility index (Phi) is 4.94. The number of carboxylic acids is 1. The van der Waals surface area contributed by atoms with Gasteiger partial charge in [0.25, 0.3) is 0 Å². The van der Waals surface area contributed by atoms with Crippen molar-refractivity contribution in [3.05, 3.63) is 52.9 Å². The Hall–Kier alpha value is -2.34. The number of hydrogen-bond acceptors (Lipinski definition) is 4. The standard InChI is InChI=1S/C14H13ClN2O4/c15-11-8-10(21-17-11)6-7-12(18)16-13(14(19)20)9-4-2-1-3-5-9/h1-5,8,13H,6-7H2,(H,16,18)(H,19,20)/t13-/m1/s1. The zero-order chi connectivity index (χ0) is 15.2. The van der Waals surface area contributed by atoms with Crippen molar-refractivity contribution >= 4 is 23.5 Å². The number of nitrogens with zero attached hydrogens (tertiary/aromatic N) is 1. The lowest BCUT2D eigenvalue weighted by molar-refractivity contribution is -0.142. The first kappa shape index (κ1) is 15.1. The third kappa shape index (κ3) is 4.32. The number of aryl methyl sites for hydroxylation is 1. The van der Waals surface area contributed by atoms with Crippen molar-refractivity contribution in [1.82, 2.24) is 10.5 Å². The second kappa shape index (κ2) is 6.90. The molecule has 0 radical (unpaired) electrons. The fraction of sp³-hybridized carbons (Fsp3) is 0.214. The van der Waals surface area contributed by atoms with E-state index in [0.29, 0.717) is 17.7 Å². The van der Waals surface area contributed by atoms with E-state index in [4.69, 9.17) is 16.1 Å². The van der Waals surface area contributed by atoms with Gasteiger partial charge in [-0.2, -0.15) is 0 Å². The van der Waals surface area contributed by atoms with Gasteiger partial charge in [0.05, 0.1) is 0 Å². The Labute approximate surface area is 125 Å². The van der Waals surface area contributed by atoms with Crippen LogP contribution in [0.5, 0.6) is 0 Å². The van der Waals surface area contributed by atoms with Crippen LogP contribution >= 0.6 is 11.6 Å². The van der Waals surface area contributed by atoms with E-state index in [0.717, 1.165) is 0 Å². The van der Waals surface area contributed by atoms with Crippen molar-refractivity contribution in [2.24, 2.45) is 0 Å². The highest BCUT2D eigenvalue weighted by Gasteiger charge is 2.21. The van der Waals surface area contributed by atoms with Gasteiger partial charge >= 0.3 is 5.97 Å². The molecule has 0 bridgehead atoms. The number of carboxylic acid groups (broad SMARTS) is 1. The largest absolute Gasteiger partial charge is 0.479 e. The number of carbonyl (C=O) groups excluding carboxylic acids is 1. The summed E-state index contributed by atoms with van der Waals surface area (Å²) in [5, 5.41) is 15.4. The summed E-state index contributed by atoms with van der Waals surface area (Å²) in [6.07, 6.45) is 0.384. The molecule has 2 aromatic rings. The highest BCUT2D eigenvalue weighted by atomic mass is 35.5. The third-order valence-electron chi connectivity index (χ3n) is 2.81. The lowest BCUT2D eigenvalue weighted by atomic mass is 10.1. The molecule has 7 heteroatoms. The molecule has 2 N–H and O–H groups in total. The van der Waals surface area contributed by atoms with Crippen LogP contribution in [0, 0.1) is 0 Å². The monoisotopic (exact) mass is 308 g/mol. The van der Waals surface area contributed by atoms with Gasteiger partial charge in [0.1, 0.15) is 5.76 Å². The van der Waals surface area contributed by atoms with Crippen LogP contribution in [0.2, 0.25) is 5.15 Å². The summed E-state index contributed by atoms with van der Waals surface area (Å²) in [6.45, 7) is 0. The van der Waals surface area contributed by atoms with E-state index in [1.165, 1.54) is 6.07 Å². The van der Waals surface area contributed by atoms with Gasteiger partial charge in [-0.1, -0.05) is 47.1 Å². The first-order valence-electron chi connectivity index (χ1n) is 6.24. The van der Waals surface area contributed by atoms with Gasteiger partial charge < -0.3 is 14.9 Å². The molecule has 1 atom stereocenters. The van der Waals surface area contributed by atoms with E-state index >= 15 is 0 Å². The van der Waals surface area contributed by atoms with Crippen molar-refractivity contribution in [2.75, 3.05) is 0 Å². The van der Waals surface area contributed by atoms with Crippen LogP contribution in [0.15, 0.2) is 40.9 Å². The van der Waals surface area contributed by atoms with Gasteiger partial charge in [0.2, 0.25) is 5.91 Å². The van der Waals surface area contributed by atoms with E-state index < -0.39 is 17.9 Å². The van der Waals surface area contributed by atoms with E-state index in [2.05, 4.69) is 10.5 Å². The maximum atomic E-state index is 11.8. The average molecular weight is 309 g/mol. The van der Waals surface area contributed by atoms with Crippen molar-refractivity contribution in [1.29, 1.82) is 0 Å². The van der Waals surface area contributed by atoms with E-state index in [1.54, 1.807) is 30.3 Å². The smallest absolute Gasteiger partial charge is 0.330 e. The molecule has 1 heterocycles. The number of amides is 1. The molecule has 1 aromatic heterocycles. The van der Waals surface area contributed by atoms with Crippen LogP contribution in [0.25, 0.3) is 0 Å². The molecule has 0 fully saturated rings. The van der Waals surface area contributed by atoms with Crippen LogP contribution in [0.3, 0.4) is 0 Å². The molecule has 0 aliphatic heterocycles. The van der Waals surface area contributed by atoms with Crippen molar-refractivity contribution in [2.45, 2.75) is 18.9 Å². The first-order valence-corrected chi connectivity index (χ1v) is 6.62. The quantitative estimate of drug-likeness (QED) is 0.853. The van der Waals surface area contributed by atoms with Crippen molar-refractivity contribution in [3.8, 4) is 0 Å². The topological polar surface area (TPSA) is 92.4 Å². The number of aliphatic carboxylic acids is 1. The highest BCUT2D eigenvalue weighted by Crippen LogP contribution is 2.14. The summed E-state index contributed by atoms with van der Waals surface area (Å²) in [6, 6.07) is 8.95. The Balaban J connectivity index is 1.94. The summed E-state index contributed by atoms with van der Waals surface area (Å²) in [4.78, 5) is 23.1. The predicted octanol–water partition coefficient (Wildman–Crippen LogP) is 2.20. The van der Waals surface area contributed by atoms with Crippen molar-refractivity contribution < 1.29 is 19.2 Å². The summed E-state index contributed by atoms with van der Waals surface area (Å²) in [5.74, 6) is -1.03. The number of benzene rings is 1. The third-order valence-corrected chi connectivity index (χ3v) is 2.99. The molecular weight excluding hydrogens is 296 g/mol. The van der Waals surface area contributed by atoms with Crippen LogP contribution in [0.1, 0.15) is 23.8 Å². The van der Waals surface area contributed by atoms with Gasteiger partial charge in [-0.15, -0.1) is 0 Å². The zero-order valence-corrected chi connectivity index (χ0v) is 11.7. The lowest BCUT2D eigenvalue weighted by Gasteiger charge is -2.14. The van der Waals surface area contributed by atoms with E-state index in [-0.39, 0.29) is 11.6 Å². The molecule has 0 spiro atoms. The van der Waals surface area contributed by atoms with Crippen LogP contribution in [0.4, 0.5) is 0 Å². The van der Waals surface area contributed by atoms with Gasteiger partial charge in [-0.25, -0.2) is 4.79 Å². The minimum Gasteiger partial charge on any atom is -0.479 e. The molecule has 0 aliphatic carbocycles. The molecule has 110 valence electrons. The van der Waals surface area contributed by atoms with Crippen LogP contribution in [-0.2, 0) is 16.0 Å². The molecule has 21 heavy (non-hydrogen) atoms. The summed E-state index contributed by atoms with van der Waals surface area (Å²) in [5.41, 5.74) is 0.515. The number of nitrogens with one attached hydrogen (secondary N) is 1. The number of carbonyl (C=O) groups is 2. The van der Waals surface area contributed by atoms with Gasteiger partial charge in [-0.3, -0.25) is 4.79 Å². The molecule has 0 unspecified atom stereocenters. The van der Waals surface area contributed by atoms with Crippen molar-refractivity contribution in [3.63, 3.8) is 0 Å². The maximum Gasteiger partial charge on any atom is 0.330 e. The van der Waals surface area contributed by atoms with E-state index in [1.807, 2.05) is 0 Å². The number of rotatable bonds is 6. The first-order chi connectivity index (χ1) is 10.1. The normalized spacial score (nSPS) is 11.9. The van der Waals surface area contributed by atoms with Gasteiger partial charge in [-0.05, 0) is 5.56 Å². The number of hydrogen-bond donors (Lipinski definition) is 2. The summed E-state index contributed by atoms with van der Waals surface area (Å²) < 4.78 is 4.87. The Bertz CT molecular complexity index is 627. The Morgan fingerprint density at radius 1 is 1.33 bits per heavy atom. The molecule has 0 saturated carbocycles. The van der Waals surface area contributed by atoms with Gasteiger partial charge in [0.15, 0.2) is 11.2 Å². The highest BCUT2D eigenvalue weighted by molar-refractivity contribution is 6.29. The second-order valence-electron chi connectivity index (χ2n) is 4.37. The second-order valence-corrected chi connectivity index (χ2v) is 4.75. The predicted molar refractivity (Wildman–Crippen MR) is 74.8 cm³/mol. The lowest BCUT2D eigenvalue weighted by Crippen LogP contribution is -2.33. The summed E-state index contributed by atoms with van der Waals surface area (Å²) in [7, 11) is 0. The SMILES string of the molecule is O=C(CCc1cc(Cl)no1)N[C@@H](C(=O)O)c1ccccc1. The van der Waals surface area contributed by atoms with E-state index in [9.17, 15) is 14.7 Å².